The lowest BCUT2D eigenvalue weighted by molar-refractivity contribution is -0.117. The number of anilines is 3. The fraction of sp³-hybridized carbons (Fsp3) is 0.300. The van der Waals surface area contributed by atoms with E-state index in [1.54, 1.807) is 30.2 Å². The van der Waals surface area contributed by atoms with Crippen molar-refractivity contribution in [3.63, 3.8) is 0 Å². The van der Waals surface area contributed by atoms with Gasteiger partial charge in [0.25, 0.3) is 5.91 Å². The van der Waals surface area contributed by atoms with Gasteiger partial charge in [-0.3, -0.25) is 9.59 Å². The van der Waals surface area contributed by atoms with E-state index in [4.69, 9.17) is 4.74 Å². The van der Waals surface area contributed by atoms with Gasteiger partial charge in [0.2, 0.25) is 5.91 Å². The Morgan fingerprint density at radius 3 is 2.65 bits per heavy atom. The van der Waals surface area contributed by atoms with Crippen LogP contribution in [-0.4, -0.2) is 39.6 Å². The third kappa shape index (κ3) is 3.64. The van der Waals surface area contributed by atoms with Gasteiger partial charge in [0, 0.05) is 50.1 Å². The van der Waals surface area contributed by atoms with E-state index in [-0.39, 0.29) is 11.8 Å². The van der Waals surface area contributed by atoms with Gasteiger partial charge in [-0.25, -0.2) is 0 Å². The molecule has 2 aromatic carbocycles. The van der Waals surface area contributed by atoms with Gasteiger partial charge in [-0.15, -0.1) is 0 Å². The Kier molecular flexibility index (Phi) is 5.11. The molecule has 2 aromatic rings. The Bertz CT molecular complexity index is 833. The van der Waals surface area contributed by atoms with E-state index in [1.807, 2.05) is 43.3 Å². The maximum absolute atomic E-state index is 12.5. The predicted octanol–water partition coefficient (Wildman–Crippen LogP) is 3.14. The first kappa shape index (κ1) is 17.8. The van der Waals surface area contributed by atoms with Crippen LogP contribution in [0.3, 0.4) is 0 Å². The quantitative estimate of drug-likeness (QED) is 0.897. The first-order valence-corrected chi connectivity index (χ1v) is 8.57. The highest BCUT2D eigenvalue weighted by Gasteiger charge is 2.24. The van der Waals surface area contributed by atoms with E-state index >= 15 is 0 Å². The second-order valence-corrected chi connectivity index (χ2v) is 6.43. The molecule has 1 heterocycles. The summed E-state index contributed by atoms with van der Waals surface area (Å²) in [6, 6.07) is 12.8. The molecule has 0 atom stereocenters. The van der Waals surface area contributed by atoms with Gasteiger partial charge >= 0.3 is 0 Å². The molecule has 0 unspecified atom stereocenters. The molecule has 6 nitrogen and oxygen atoms in total. The molecule has 0 aromatic heterocycles. The van der Waals surface area contributed by atoms with E-state index < -0.39 is 0 Å². The number of benzene rings is 2. The number of ether oxygens (including phenoxy) is 1. The zero-order valence-corrected chi connectivity index (χ0v) is 15.3. The summed E-state index contributed by atoms with van der Waals surface area (Å²) in [6.45, 7) is 0.693. The Labute approximate surface area is 153 Å². The lowest BCUT2D eigenvalue weighted by atomic mass is 10.1. The third-order valence-corrected chi connectivity index (χ3v) is 4.43. The molecule has 0 saturated carbocycles. The fourth-order valence-corrected chi connectivity index (χ4v) is 3.01. The third-order valence-electron chi connectivity index (χ3n) is 4.43. The van der Waals surface area contributed by atoms with Crippen LogP contribution >= 0.6 is 0 Å². The summed E-state index contributed by atoms with van der Waals surface area (Å²) in [5.41, 5.74) is 2.90. The highest BCUT2D eigenvalue weighted by atomic mass is 16.5. The number of carbonyl (C=O) groups is 2. The minimum Gasteiger partial charge on any atom is -0.494 e. The van der Waals surface area contributed by atoms with Gasteiger partial charge in [0.15, 0.2) is 0 Å². The number of amides is 2. The van der Waals surface area contributed by atoms with Gasteiger partial charge in [-0.1, -0.05) is 6.07 Å². The van der Waals surface area contributed by atoms with E-state index in [9.17, 15) is 9.59 Å². The Morgan fingerprint density at radius 2 is 2.00 bits per heavy atom. The normalized spacial score (nSPS) is 13.7. The average Bonchev–Trinajstić information content (AvgIpc) is 3.07. The van der Waals surface area contributed by atoms with Crippen LogP contribution in [0.15, 0.2) is 42.5 Å². The first-order valence-electron chi connectivity index (χ1n) is 8.57. The standard InChI is InChI=1S/C20H23N3O3/c1-22(2)16-7-4-6-14(12-16)20(25)21-15-9-10-17(18(13-15)26-3)23-11-5-8-19(23)24/h4,6-7,9-10,12-13H,5,8,11H2,1-3H3,(H,21,25). The maximum Gasteiger partial charge on any atom is 0.255 e. The number of hydrogen-bond donors (Lipinski definition) is 1. The highest BCUT2D eigenvalue weighted by Crippen LogP contribution is 2.34. The Balaban J connectivity index is 1.80. The molecule has 1 saturated heterocycles. The minimum absolute atomic E-state index is 0.0978. The van der Waals surface area contributed by atoms with Gasteiger partial charge in [-0.2, -0.15) is 0 Å². The van der Waals surface area contributed by atoms with Gasteiger partial charge in [-0.05, 0) is 36.8 Å². The second-order valence-electron chi connectivity index (χ2n) is 6.43. The van der Waals surface area contributed by atoms with Crippen molar-refractivity contribution in [2.24, 2.45) is 0 Å². The van der Waals surface area contributed by atoms with Gasteiger partial charge < -0.3 is 19.9 Å². The van der Waals surface area contributed by atoms with Gasteiger partial charge in [0.05, 0.1) is 12.8 Å². The molecule has 0 aliphatic carbocycles. The van der Waals surface area contributed by atoms with Crippen molar-refractivity contribution in [1.82, 2.24) is 0 Å². The number of nitrogens with one attached hydrogen (secondary N) is 1. The monoisotopic (exact) mass is 353 g/mol. The molecule has 1 fully saturated rings. The van der Waals surface area contributed by atoms with Crippen LogP contribution in [0.1, 0.15) is 23.2 Å². The molecular weight excluding hydrogens is 330 g/mol. The van der Waals surface area contributed by atoms with Crippen molar-refractivity contribution in [2.45, 2.75) is 12.8 Å². The van der Waals surface area contributed by atoms with Crippen molar-refractivity contribution >= 4 is 28.9 Å². The fourth-order valence-electron chi connectivity index (χ4n) is 3.01. The van der Waals surface area contributed by atoms with Crippen molar-refractivity contribution in [3.05, 3.63) is 48.0 Å². The average molecular weight is 353 g/mol. The van der Waals surface area contributed by atoms with Crippen LogP contribution in [0.2, 0.25) is 0 Å². The number of methoxy groups -OCH3 is 1. The lowest BCUT2D eigenvalue weighted by Crippen LogP contribution is -2.24. The van der Waals surface area contributed by atoms with Crippen molar-refractivity contribution in [3.8, 4) is 5.75 Å². The smallest absolute Gasteiger partial charge is 0.255 e. The van der Waals surface area contributed by atoms with Crippen LogP contribution in [0.25, 0.3) is 0 Å². The summed E-state index contributed by atoms with van der Waals surface area (Å²) in [5.74, 6) is 0.474. The summed E-state index contributed by atoms with van der Waals surface area (Å²) in [4.78, 5) is 28.2. The molecule has 2 amide bonds. The predicted molar refractivity (Wildman–Crippen MR) is 103 cm³/mol. The zero-order valence-electron chi connectivity index (χ0n) is 15.3. The molecule has 0 spiro atoms. The number of carbonyl (C=O) groups excluding carboxylic acids is 2. The largest absolute Gasteiger partial charge is 0.494 e. The van der Waals surface area contributed by atoms with E-state index in [1.165, 1.54) is 0 Å². The molecule has 3 rings (SSSR count). The van der Waals surface area contributed by atoms with Crippen LogP contribution < -0.4 is 19.9 Å². The molecular formula is C20H23N3O3. The summed E-state index contributed by atoms with van der Waals surface area (Å²) < 4.78 is 5.43. The van der Waals surface area contributed by atoms with Crippen LogP contribution in [0.5, 0.6) is 5.75 Å². The topological polar surface area (TPSA) is 61.9 Å². The highest BCUT2D eigenvalue weighted by molar-refractivity contribution is 6.05. The van der Waals surface area contributed by atoms with Gasteiger partial charge in [0.1, 0.15) is 5.75 Å². The molecule has 26 heavy (non-hydrogen) atoms. The van der Waals surface area contributed by atoms with Crippen molar-refractivity contribution in [2.75, 3.05) is 42.9 Å². The number of hydrogen-bond acceptors (Lipinski definition) is 4. The first-order chi connectivity index (χ1) is 12.5. The van der Waals surface area contributed by atoms with Crippen LogP contribution in [0, 0.1) is 0 Å². The molecule has 1 N–H and O–H groups in total. The Morgan fingerprint density at radius 1 is 1.19 bits per heavy atom. The molecule has 1 aliphatic rings. The van der Waals surface area contributed by atoms with Crippen LogP contribution in [0.4, 0.5) is 17.1 Å². The van der Waals surface area contributed by atoms with Crippen LogP contribution in [-0.2, 0) is 4.79 Å². The van der Waals surface area contributed by atoms with Crippen molar-refractivity contribution < 1.29 is 14.3 Å². The second kappa shape index (κ2) is 7.47. The minimum atomic E-state index is -0.194. The number of rotatable bonds is 5. The van der Waals surface area contributed by atoms with E-state index in [0.717, 1.165) is 17.8 Å². The maximum atomic E-state index is 12.5. The summed E-state index contributed by atoms with van der Waals surface area (Å²) in [6.07, 6.45) is 1.41. The lowest BCUT2D eigenvalue weighted by Gasteiger charge is -2.20. The molecule has 0 bridgehead atoms. The molecule has 1 aliphatic heterocycles. The van der Waals surface area contributed by atoms with E-state index in [2.05, 4.69) is 5.32 Å². The zero-order chi connectivity index (χ0) is 18.7. The Hall–Kier alpha value is -3.02. The molecule has 0 radical (unpaired) electrons. The summed E-state index contributed by atoms with van der Waals surface area (Å²) in [7, 11) is 5.42. The number of nitrogens with zero attached hydrogens (tertiary/aromatic N) is 2. The summed E-state index contributed by atoms with van der Waals surface area (Å²) in [5, 5.41) is 2.89. The molecule has 6 heteroatoms. The van der Waals surface area contributed by atoms with E-state index in [0.29, 0.717) is 30.0 Å². The summed E-state index contributed by atoms with van der Waals surface area (Å²) >= 11 is 0. The van der Waals surface area contributed by atoms with Crippen molar-refractivity contribution in [1.29, 1.82) is 0 Å². The molecule has 136 valence electrons. The SMILES string of the molecule is COc1cc(NC(=O)c2cccc(N(C)C)c2)ccc1N1CCCC1=O.